The van der Waals surface area contributed by atoms with Gasteiger partial charge in [-0.2, -0.15) is 0 Å². The summed E-state index contributed by atoms with van der Waals surface area (Å²) in [5.74, 6) is -1.11. The number of carbonyl (C=O) groups is 4. The Kier molecular flexibility index (Phi) is 11.8. The van der Waals surface area contributed by atoms with Crippen molar-refractivity contribution in [1.82, 2.24) is 5.32 Å². The summed E-state index contributed by atoms with van der Waals surface area (Å²) in [4.78, 5) is 47.2. The van der Waals surface area contributed by atoms with Gasteiger partial charge in [0.05, 0.1) is 12.8 Å². The van der Waals surface area contributed by atoms with Crippen LogP contribution in [0.2, 0.25) is 0 Å². The Morgan fingerprint density at radius 2 is 1.83 bits per heavy atom. The lowest BCUT2D eigenvalue weighted by molar-refractivity contribution is -0.140. The van der Waals surface area contributed by atoms with Gasteiger partial charge in [-0.15, -0.1) is 0 Å². The second kappa shape index (κ2) is 12.9. The number of alkyl carbamates (subject to hydrolysis) is 1. The van der Waals surface area contributed by atoms with E-state index in [0.717, 1.165) is 0 Å². The van der Waals surface area contributed by atoms with E-state index >= 15 is 0 Å². The molecule has 1 atom stereocenters. The van der Waals surface area contributed by atoms with Crippen LogP contribution in [-0.2, 0) is 19.1 Å². The van der Waals surface area contributed by atoms with E-state index in [2.05, 4.69) is 31.3 Å². The molecule has 1 aromatic carbocycles. The van der Waals surface area contributed by atoms with Gasteiger partial charge >= 0.3 is 12.1 Å². The fourth-order valence-electron chi connectivity index (χ4n) is 2.05. The first-order chi connectivity index (χ1) is 13.6. The summed E-state index contributed by atoms with van der Waals surface area (Å²) in [5.41, 5.74) is -0.196. The smallest absolute Gasteiger partial charge is 0.408 e. The summed E-state index contributed by atoms with van der Waals surface area (Å²) in [6.45, 7) is 9.07. The number of halogens is 1. The van der Waals surface area contributed by atoms with E-state index in [1.165, 1.54) is 7.11 Å². The first-order valence-electron chi connectivity index (χ1n) is 9.17. The SMILES string of the molecule is CC.COC(=O)CCC(NC(=O)OC(C)(C)C)C(=O)Nc1ccc(Br)cc1C=O. The summed E-state index contributed by atoms with van der Waals surface area (Å²) in [6, 6.07) is 3.71. The standard InChI is InChI=1S/C18H23BrN2O6.C2H6/c1-18(2,3)27-17(25)21-14(7-8-15(23)26-4)16(24)20-13-6-5-12(19)9-11(13)10-22;1-2/h5-6,9-10,14H,7-8H2,1-4H3,(H,20,24)(H,21,25);1-2H3. The van der Waals surface area contributed by atoms with Crippen LogP contribution in [0.3, 0.4) is 0 Å². The van der Waals surface area contributed by atoms with Crippen molar-refractivity contribution in [2.24, 2.45) is 0 Å². The van der Waals surface area contributed by atoms with E-state index in [9.17, 15) is 19.2 Å². The molecule has 0 saturated heterocycles. The largest absolute Gasteiger partial charge is 0.469 e. The molecule has 9 heteroatoms. The van der Waals surface area contributed by atoms with Crippen LogP contribution in [0, 0.1) is 0 Å². The van der Waals surface area contributed by atoms with Gasteiger partial charge in [-0.05, 0) is 45.4 Å². The normalized spacial score (nSPS) is 11.3. The van der Waals surface area contributed by atoms with Crippen molar-refractivity contribution in [3.8, 4) is 0 Å². The molecule has 0 fully saturated rings. The number of hydrogen-bond donors (Lipinski definition) is 2. The summed E-state index contributed by atoms with van der Waals surface area (Å²) in [6.07, 6.45) is -0.264. The third kappa shape index (κ3) is 10.6. The number of methoxy groups -OCH3 is 1. The number of anilines is 1. The molecule has 0 aliphatic carbocycles. The highest BCUT2D eigenvalue weighted by Gasteiger charge is 2.25. The number of rotatable bonds is 7. The number of ether oxygens (including phenoxy) is 2. The molecule has 0 aromatic heterocycles. The lowest BCUT2D eigenvalue weighted by Gasteiger charge is -2.23. The molecule has 1 unspecified atom stereocenters. The molecule has 2 amide bonds. The predicted molar refractivity (Wildman–Crippen MR) is 114 cm³/mol. The molecule has 0 radical (unpaired) electrons. The average molecular weight is 473 g/mol. The third-order valence-corrected chi connectivity index (χ3v) is 3.76. The molecule has 0 saturated carbocycles. The van der Waals surface area contributed by atoms with Gasteiger partial charge < -0.3 is 20.1 Å². The first-order valence-corrected chi connectivity index (χ1v) is 9.97. The van der Waals surface area contributed by atoms with Crippen LogP contribution >= 0.6 is 15.9 Å². The van der Waals surface area contributed by atoms with Gasteiger partial charge in [-0.1, -0.05) is 29.8 Å². The maximum Gasteiger partial charge on any atom is 0.408 e. The molecule has 0 bridgehead atoms. The minimum Gasteiger partial charge on any atom is -0.469 e. The molecule has 2 N–H and O–H groups in total. The second-order valence-electron chi connectivity index (χ2n) is 6.65. The minimum absolute atomic E-state index is 0.00466. The number of aldehydes is 1. The van der Waals surface area contributed by atoms with E-state index in [-0.39, 0.29) is 24.1 Å². The zero-order valence-corrected chi connectivity index (χ0v) is 19.2. The van der Waals surface area contributed by atoms with Crippen molar-refractivity contribution in [1.29, 1.82) is 0 Å². The lowest BCUT2D eigenvalue weighted by Crippen LogP contribution is -2.46. The number of nitrogens with one attached hydrogen (secondary N) is 2. The highest BCUT2D eigenvalue weighted by Crippen LogP contribution is 2.20. The Labute approximate surface area is 179 Å². The second-order valence-corrected chi connectivity index (χ2v) is 7.57. The van der Waals surface area contributed by atoms with Crippen LogP contribution in [-0.4, -0.2) is 43.0 Å². The molecule has 0 aliphatic rings. The number of carbonyl (C=O) groups excluding carboxylic acids is 4. The number of esters is 1. The summed E-state index contributed by atoms with van der Waals surface area (Å²) in [7, 11) is 1.23. The molecule has 0 spiro atoms. The molecule has 0 heterocycles. The quantitative estimate of drug-likeness (QED) is 0.456. The van der Waals surface area contributed by atoms with Gasteiger partial charge in [0.25, 0.3) is 0 Å². The zero-order valence-electron chi connectivity index (χ0n) is 17.6. The van der Waals surface area contributed by atoms with Gasteiger partial charge in [0.2, 0.25) is 5.91 Å². The van der Waals surface area contributed by atoms with Crippen molar-refractivity contribution in [2.45, 2.75) is 59.1 Å². The Balaban J connectivity index is 0.00000379. The van der Waals surface area contributed by atoms with Crippen molar-refractivity contribution < 1.29 is 28.7 Å². The molecule has 0 aliphatic heterocycles. The monoisotopic (exact) mass is 472 g/mol. The number of amides is 2. The topological polar surface area (TPSA) is 111 Å². The zero-order chi connectivity index (χ0) is 22.6. The van der Waals surface area contributed by atoms with Crippen molar-refractivity contribution in [2.75, 3.05) is 12.4 Å². The molecule has 1 aromatic rings. The summed E-state index contributed by atoms with van der Waals surface area (Å²) >= 11 is 3.25. The Bertz CT molecular complexity index is 715. The van der Waals surface area contributed by atoms with Crippen LogP contribution in [0.25, 0.3) is 0 Å². The Morgan fingerprint density at radius 1 is 1.21 bits per heavy atom. The Hall–Kier alpha value is -2.42. The highest BCUT2D eigenvalue weighted by molar-refractivity contribution is 9.10. The fourth-order valence-corrected chi connectivity index (χ4v) is 2.43. The van der Waals surface area contributed by atoms with E-state index in [1.807, 2.05) is 13.8 Å². The fraction of sp³-hybridized carbons (Fsp3) is 0.500. The predicted octanol–water partition coefficient (Wildman–Crippen LogP) is 4.07. The summed E-state index contributed by atoms with van der Waals surface area (Å²) < 4.78 is 10.4. The number of hydrogen-bond acceptors (Lipinski definition) is 6. The number of benzene rings is 1. The summed E-state index contributed by atoms with van der Waals surface area (Å²) in [5, 5.41) is 5.03. The third-order valence-electron chi connectivity index (χ3n) is 3.27. The Morgan fingerprint density at radius 3 is 2.34 bits per heavy atom. The van der Waals surface area contributed by atoms with Crippen LogP contribution in [0.5, 0.6) is 0 Å². The molecular weight excluding hydrogens is 444 g/mol. The maximum absolute atomic E-state index is 12.6. The maximum atomic E-state index is 12.6. The molecule has 1 rings (SSSR count). The van der Waals surface area contributed by atoms with E-state index in [0.29, 0.717) is 10.8 Å². The van der Waals surface area contributed by atoms with Gasteiger partial charge in [-0.25, -0.2) is 4.79 Å². The van der Waals surface area contributed by atoms with Gasteiger partial charge in [0.15, 0.2) is 6.29 Å². The van der Waals surface area contributed by atoms with Crippen molar-refractivity contribution in [3.63, 3.8) is 0 Å². The lowest BCUT2D eigenvalue weighted by atomic mass is 10.1. The van der Waals surface area contributed by atoms with Crippen LogP contribution in [0.15, 0.2) is 22.7 Å². The van der Waals surface area contributed by atoms with Gasteiger partial charge in [-0.3, -0.25) is 14.4 Å². The minimum atomic E-state index is -1.05. The molecule has 29 heavy (non-hydrogen) atoms. The van der Waals surface area contributed by atoms with Gasteiger partial charge in [0.1, 0.15) is 11.6 Å². The molecular formula is C20H29BrN2O6. The average Bonchev–Trinajstić information content (AvgIpc) is 2.66. The molecule has 162 valence electrons. The first kappa shape index (κ1) is 26.6. The van der Waals surface area contributed by atoms with Crippen molar-refractivity contribution >= 4 is 45.9 Å². The van der Waals surface area contributed by atoms with Crippen molar-refractivity contribution in [3.05, 3.63) is 28.2 Å². The molecule has 8 nitrogen and oxygen atoms in total. The van der Waals surface area contributed by atoms with E-state index in [1.54, 1.807) is 39.0 Å². The highest BCUT2D eigenvalue weighted by atomic mass is 79.9. The van der Waals surface area contributed by atoms with Gasteiger partial charge in [0, 0.05) is 16.5 Å². The van der Waals surface area contributed by atoms with Crippen LogP contribution < -0.4 is 10.6 Å². The van der Waals surface area contributed by atoms with Crippen LogP contribution in [0.4, 0.5) is 10.5 Å². The van der Waals surface area contributed by atoms with E-state index in [4.69, 9.17) is 4.74 Å². The van der Waals surface area contributed by atoms with Crippen LogP contribution in [0.1, 0.15) is 57.8 Å². The van der Waals surface area contributed by atoms with E-state index < -0.39 is 29.6 Å².